The number of methoxy groups -OCH3 is 1. The third-order valence-electron chi connectivity index (χ3n) is 2.25. The van der Waals surface area contributed by atoms with Crippen molar-refractivity contribution in [2.45, 2.75) is 19.1 Å². The fraction of sp³-hybridized carbons (Fsp3) is 0.364. The number of benzene rings is 1. The number of carbonyl (C=O) groups is 1. The van der Waals surface area contributed by atoms with Gasteiger partial charge in [0.05, 0.1) is 17.9 Å². The molecule has 0 bridgehead atoms. The molecular weight excluding hydrogens is 261 g/mol. The van der Waals surface area contributed by atoms with E-state index in [1.54, 1.807) is 0 Å². The molecule has 0 aliphatic heterocycles. The predicted octanol–water partition coefficient (Wildman–Crippen LogP) is 1.76. The number of esters is 1. The maximum absolute atomic E-state index is 13.3. The molecule has 1 N–H and O–H groups in total. The Morgan fingerprint density at radius 1 is 1.39 bits per heavy atom. The number of anilines is 1. The smallest absolute Gasteiger partial charge is 0.340 e. The highest BCUT2D eigenvalue weighted by Gasteiger charge is 2.18. The predicted molar refractivity (Wildman–Crippen MR) is 65.4 cm³/mol. The topological polar surface area (TPSA) is 72.5 Å². The fourth-order valence-corrected chi connectivity index (χ4v) is 1.83. The van der Waals surface area contributed by atoms with Gasteiger partial charge in [0.15, 0.2) is 0 Å². The highest BCUT2D eigenvalue weighted by atomic mass is 32.2. The minimum Gasteiger partial charge on any atom is -0.465 e. The molecule has 5 nitrogen and oxygen atoms in total. The standard InChI is InChI=1S/C11H14FNO4S/c1-7(2)18(15,16)13-8-4-5-10(12)9(6-8)11(14)17-3/h4-7,13H,1-3H3. The van der Waals surface area contributed by atoms with Gasteiger partial charge in [0.2, 0.25) is 10.0 Å². The minimum atomic E-state index is -3.54. The number of sulfonamides is 1. The van der Waals surface area contributed by atoms with Crippen molar-refractivity contribution >= 4 is 21.7 Å². The average Bonchev–Trinajstić information content (AvgIpc) is 2.30. The maximum atomic E-state index is 13.3. The number of hydrogen-bond acceptors (Lipinski definition) is 4. The molecule has 1 aromatic rings. The molecule has 100 valence electrons. The molecule has 18 heavy (non-hydrogen) atoms. The van der Waals surface area contributed by atoms with Gasteiger partial charge in [-0.15, -0.1) is 0 Å². The lowest BCUT2D eigenvalue weighted by Gasteiger charge is -2.11. The summed E-state index contributed by atoms with van der Waals surface area (Å²) < 4.78 is 43.2. The van der Waals surface area contributed by atoms with E-state index in [1.165, 1.54) is 19.9 Å². The number of hydrogen-bond donors (Lipinski definition) is 1. The molecular formula is C11H14FNO4S. The highest BCUT2D eigenvalue weighted by Crippen LogP contribution is 2.18. The van der Waals surface area contributed by atoms with Crippen LogP contribution in [0.4, 0.5) is 10.1 Å². The third kappa shape index (κ3) is 3.19. The summed E-state index contributed by atoms with van der Waals surface area (Å²) in [6.45, 7) is 3.01. The first-order valence-electron chi connectivity index (χ1n) is 5.17. The van der Waals surface area contributed by atoms with E-state index in [2.05, 4.69) is 9.46 Å². The van der Waals surface area contributed by atoms with Crippen LogP contribution in [0.2, 0.25) is 0 Å². The Morgan fingerprint density at radius 3 is 2.50 bits per heavy atom. The summed E-state index contributed by atoms with van der Waals surface area (Å²) in [5.74, 6) is -1.63. The summed E-state index contributed by atoms with van der Waals surface area (Å²) in [6, 6.07) is 3.34. The first-order chi connectivity index (χ1) is 8.27. The first-order valence-corrected chi connectivity index (χ1v) is 6.72. The summed E-state index contributed by atoms with van der Waals surface area (Å²) in [5.41, 5.74) is -0.202. The lowest BCUT2D eigenvalue weighted by molar-refractivity contribution is 0.0595. The largest absolute Gasteiger partial charge is 0.465 e. The molecule has 0 heterocycles. The Morgan fingerprint density at radius 2 is 2.00 bits per heavy atom. The van der Waals surface area contributed by atoms with Gasteiger partial charge in [0.1, 0.15) is 5.82 Å². The number of nitrogens with one attached hydrogen (secondary N) is 1. The van der Waals surface area contributed by atoms with Crippen molar-refractivity contribution in [2.24, 2.45) is 0 Å². The second-order valence-electron chi connectivity index (χ2n) is 3.88. The van der Waals surface area contributed by atoms with Crippen LogP contribution in [0.1, 0.15) is 24.2 Å². The molecule has 0 radical (unpaired) electrons. The van der Waals surface area contributed by atoms with Crippen LogP contribution in [-0.4, -0.2) is 26.7 Å². The van der Waals surface area contributed by atoms with Crippen LogP contribution in [-0.2, 0) is 14.8 Å². The lowest BCUT2D eigenvalue weighted by Crippen LogP contribution is -2.22. The molecule has 0 aliphatic carbocycles. The summed E-state index contributed by atoms with van der Waals surface area (Å²) in [5, 5.41) is -0.635. The third-order valence-corrected chi connectivity index (χ3v) is 4.01. The Hall–Kier alpha value is -1.63. The quantitative estimate of drug-likeness (QED) is 0.850. The van der Waals surface area contributed by atoms with Crippen molar-refractivity contribution < 1.29 is 22.3 Å². The molecule has 0 aromatic heterocycles. The van der Waals surface area contributed by atoms with Crippen LogP contribution in [0, 0.1) is 5.82 Å². The van der Waals surface area contributed by atoms with Crippen molar-refractivity contribution in [3.8, 4) is 0 Å². The van der Waals surface area contributed by atoms with Gasteiger partial charge in [0.25, 0.3) is 0 Å². The average molecular weight is 275 g/mol. The number of ether oxygens (including phenoxy) is 1. The van der Waals surface area contributed by atoms with Crippen molar-refractivity contribution in [2.75, 3.05) is 11.8 Å². The Balaban J connectivity index is 3.11. The van der Waals surface area contributed by atoms with Crippen LogP contribution >= 0.6 is 0 Å². The zero-order chi connectivity index (χ0) is 13.9. The van der Waals surface area contributed by atoms with Gasteiger partial charge in [0, 0.05) is 5.69 Å². The summed E-state index contributed by atoms with van der Waals surface area (Å²) in [7, 11) is -2.42. The molecule has 0 atom stereocenters. The van der Waals surface area contributed by atoms with Crippen LogP contribution in [0.3, 0.4) is 0 Å². The van der Waals surface area contributed by atoms with Gasteiger partial charge >= 0.3 is 5.97 Å². The van der Waals surface area contributed by atoms with Gasteiger partial charge < -0.3 is 4.74 Å². The van der Waals surface area contributed by atoms with E-state index in [9.17, 15) is 17.6 Å². The molecule has 1 rings (SSSR count). The van der Waals surface area contributed by atoms with Gasteiger partial charge in [-0.25, -0.2) is 17.6 Å². The summed E-state index contributed by atoms with van der Waals surface area (Å²) in [6.07, 6.45) is 0. The zero-order valence-electron chi connectivity index (χ0n) is 10.2. The van der Waals surface area contributed by atoms with Gasteiger partial charge in [-0.3, -0.25) is 4.72 Å². The second kappa shape index (κ2) is 5.34. The van der Waals surface area contributed by atoms with Crippen molar-refractivity contribution in [1.82, 2.24) is 0 Å². The lowest BCUT2D eigenvalue weighted by atomic mass is 10.2. The molecule has 1 aromatic carbocycles. The molecule has 0 amide bonds. The molecule has 0 fully saturated rings. The molecule has 0 aliphatic rings. The SMILES string of the molecule is COC(=O)c1cc(NS(=O)(=O)C(C)C)ccc1F. The van der Waals surface area contributed by atoms with Gasteiger partial charge in [-0.05, 0) is 32.0 Å². The van der Waals surface area contributed by atoms with E-state index in [0.29, 0.717) is 0 Å². The minimum absolute atomic E-state index is 0.116. The van der Waals surface area contributed by atoms with Crippen molar-refractivity contribution in [3.63, 3.8) is 0 Å². The zero-order valence-corrected chi connectivity index (χ0v) is 11.0. The summed E-state index contributed by atoms with van der Waals surface area (Å²) in [4.78, 5) is 11.2. The first kappa shape index (κ1) is 14.4. The van der Waals surface area contributed by atoms with E-state index < -0.39 is 27.1 Å². The van der Waals surface area contributed by atoms with E-state index in [1.807, 2.05) is 0 Å². The number of carbonyl (C=O) groups excluding carboxylic acids is 1. The number of halogens is 1. The van der Waals surface area contributed by atoms with Gasteiger partial charge in [-0.1, -0.05) is 0 Å². The molecule has 0 saturated carbocycles. The van der Waals surface area contributed by atoms with E-state index in [0.717, 1.165) is 19.2 Å². The molecule has 0 saturated heterocycles. The van der Waals surface area contributed by atoms with Crippen molar-refractivity contribution in [1.29, 1.82) is 0 Å². The Labute approximate surface area is 105 Å². The van der Waals surface area contributed by atoms with Crippen LogP contribution in [0.25, 0.3) is 0 Å². The normalized spacial score (nSPS) is 11.4. The van der Waals surface area contributed by atoms with E-state index >= 15 is 0 Å². The van der Waals surface area contributed by atoms with E-state index in [-0.39, 0.29) is 11.3 Å². The molecule has 0 spiro atoms. The summed E-state index contributed by atoms with van der Waals surface area (Å²) >= 11 is 0. The highest BCUT2D eigenvalue weighted by molar-refractivity contribution is 7.93. The Kier molecular flexibility index (Phi) is 4.28. The van der Waals surface area contributed by atoms with Gasteiger partial charge in [-0.2, -0.15) is 0 Å². The number of rotatable bonds is 4. The second-order valence-corrected chi connectivity index (χ2v) is 6.12. The van der Waals surface area contributed by atoms with E-state index in [4.69, 9.17) is 0 Å². The van der Waals surface area contributed by atoms with Crippen LogP contribution in [0.5, 0.6) is 0 Å². The van der Waals surface area contributed by atoms with Crippen LogP contribution < -0.4 is 4.72 Å². The van der Waals surface area contributed by atoms with Crippen molar-refractivity contribution in [3.05, 3.63) is 29.6 Å². The molecule has 7 heteroatoms. The Bertz CT molecular complexity index is 554. The monoisotopic (exact) mass is 275 g/mol. The molecule has 0 unspecified atom stereocenters. The maximum Gasteiger partial charge on any atom is 0.340 e. The van der Waals surface area contributed by atoms with Crippen LogP contribution in [0.15, 0.2) is 18.2 Å². The fourth-order valence-electron chi connectivity index (χ4n) is 1.14.